The number of rotatable bonds is 5. The van der Waals surface area contributed by atoms with E-state index in [9.17, 15) is 9.90 Å². The second kappa shape index (κ2) is 6.45. The molecule has 21 heavy (non-hydrogen) atoms. The number of aliphatic carboxylic acids is 1. The smallest absolute Gasteiger partial charge is 0.342 e. The molecule has 0 unspecified atom stereocenters. The number of carbonyl (C=O) groups is 1. The van der Waals surface area contributed by atoms with Gasteiger partial charge in [0.05, 0.1) is 0 Å². The van der Waals surface area contributed by atoms with E-state index in [1.165, 1.54) is 0 Å². The Bertz CT molecular complexity index is 662. The van der Waals surface area contributed by atoms with Crippen LogP contribution in [0.15, 0.2) is 38.8 Å². The van der Waals surface area contributed by atoms with E-state index in [4.69, 9.17) is 4.42 Å². The number of thioether (sulfide) groups is 1. The lowest BCUT2D eigenvalue weighted by atomic mass is 10.2. The summed E-state index contributed by atoms with van der Waals surface area (Å²) in [6.45, 7) is 1.65. The van der Waals surface area contributed by atoms with Gasteiger partial charge in [-0.1, -0.05) is 12.1 Å². The van der Waals surface area contributed by atoms with Crippen LogP contribution in [0.3, 0.4) is 0 Å². The third-order valence-electron chi connectivity index (χ3n) is 2.62. The van der Waals surface area contributed by atoms with Gasteiger partial charge in [-0.15, -0.1) is 10.2 Å². The summed E-state index contributed by atoms with van der Waals surface area (Å²) in [5.41, 5.74) is 1.84. The number of aryl methyl sites for hydroxylation is 1. The molecule has 0 radical (unpaired) electrons. The molecule has 6 nitrogen and oxygen atoms in total. The number of carboxylic acid groups (broad SMARTS) is 1. The lowest BCUT2D eigenvalue weighted by Crippen LogP contribution is -2.07. The molecule has 0 bridgehead atoms. The van der Waals surface area contributed by atoms with Crippen molar-refractivity contribution < 1.29 is 14.3 Å². The van der Waals surface area contributed by atoms with Crippen molar-refractivity contribution in [2.24, 2.45) is 0 Å². The minimum Gasteiger partial charge on any atom is -0.477 e. The van der Waals surface area contributed by atoms with E-state index in [-0.39, 0.29) is 10.1 Å². The van der Waals surface area contributed by atoms with Crippen LogP contribution in [0.2, 0.25) is 0 Å². The first-order valence-electron chi connectivity index (χ1n) is 6.16. The zero-order chi connectivity index (χ0) is 15.4. The second-order valence-electron chi connectivity index (χ2n) is 4.49. The van der Waals surface area contributed by atoms with E-state index in [1.807, 2.05) is 43.3 Å². The predicted octanol–water partition coefficient (Wildman–Crippen LogP) is 2.66. The summed E-state index contributed by atoms with van der Waals surface area (Å²) in [7, 11) is 3.89. The van der Waals surface area contributed by atoms with Crippen molar-refractivity contribution in [3.63, 3.8) is 0 Å². The third kappa shape index (κ3) is 4.09. The first-order chi connectivity index (χ1) is 9.95. The van der Waals surface area contributed by atoms with Gasteiger partial charge in [0.1, 0.15) is 4.91 Å². The molecule has 0 amide bonds. The molecule has 1 N–H and O–H groups in total. The number of anilines is 1. The Labute approximate surface area is 126 Å². The van der Waals surface area contributed by atoms with Crippen LogP contribution >= 0.6 is 11.8 Å². The van der Waals surface area contributed by atoms with Crippen molar-refractivity contribution in [1.29, 1.82) is 0 Å². The maximum Gasteiger partial charge on any atom is 0.342 e. The number of aromatic nitrogens is 2. The van der Waals surface area contributed by atoms with Gasteiger partial charge in [-0.05, 0) is 35.5 Å². The van der Waals surface area contributed by atoms with Crippen LogP contribution in [0, 0.1) is 6.92 Å². The number of nitrogens with zero attached hydrogens (tertiary/aromatic N) is 3. The molecular weight excluding hydrogens is 290 g/mol. The van der Waals surface area contributed by atoms with Gasteiger partial charge in [-0.2, -0.15) is 0 Å². The maximum absolute atomic E-state index is 11.3. The molecule has 0 saturated heterocycles. The minimum atomic E-state index is -1.03. The quantitative estimate of drug-likeness (QED) is 0.672. The normalized spacial score (nSPS) is 11.5. The highest BCUT2D eigenvalue weighted by Crippen LogP contribution is 2.27. The van der Waals surface area contributed by atoms with Crippen molar-refractivity contribution >= 4 is 29.5 Å². The first-order valence-corrected chi connectivity index (χ1v) is 6.97. The Morgan fingerprint density at radius 1 is 1.29 bits per heavy atom. The molecule has 0 atom stereocenters. The van der Waals surface area contributed by atoms with Crippen LogP contribution in [-0.2, 0) is 4.79 Å². The zero-order valence-electron chi connectivity index (χ0n) is 11.9. The molecule has 2 aromatic rings. The average molecular weight is 305 g/mol. The molecule has 0 aliphatic heterocycles. The lowest BCUT2D eigenvalue weighted by molar-refractivity contribution is -0.131. The Morgan fingerprint density at radius 2 is 1.95 bits per heavy atom. The summed E-state index contributed by atoms with van der Waals surface area (Å²) in [5.74, 6) is -0.634. The summed E-state index contributed by atoms with van der Waals surface area (Å²) in [5, 5.41) is 16.9. The molecule has 0 aliphatic rings. The monoisotopic (exact) mass is 305 g/mol. The fraction of sp³-hybridized carbons (Fsp3) is 0.214. The standard InChI is InChI=1S/C14H15N3O3S/c1-9-15-16-14(20-9)21-12(13(18)19)8-10-4-6-11(7-5-10)17(2)3/h4-8H,1-3H3,(H,18,19)/b12-8+. The highest BCUT2D eigenvalue weighted by molar-refractivity contribution is 8.03. The zero-order valence-corrected chi connectivity index (χ0v) is 12.7. The maximum atomic E-state index is 11.3. The summed E-state index contributed by atoms with van der Waals surface area (Å²) in [6.07, 6.45) is 1.58. The van der Waals surface area contributed by atoms with Crippen molar-refractivity contribution in [1.82, 2.24) is 10.2 Å². The van der Waals surface area contributed by atoms with Crippen LogP contribution in [-0.4, -0.2) is 35.4 Å². The van der Waals surface area contributed by atoms with E-state index in [0.29, 0.717) is 5.89 Å². The predicted molar refractivity (Wildman–Crippen MR) is 81.3 cm³/mol. The van der Waals surface area contributed by atoms with E-state index in [2.05, 4.69) is 10.2 Å². The molecular formula is C14H15N3O3S. The average Bonchev–Trinajstić information content (AvgIpc) is 2.84. The molecule has 0 spiro atoms. The largest absolute Gasteiger partial charge is 0.477 e. The molecule has 0 aliphatic carbocycles. The van der Waals surface area contributed by atoms with Gasteiger partial charge < -0.3 is 14.4 Å². The van der Waals surface area contributed by atoms with Gasteiger partial charge in [0.25, 0.3) is 5.22 Å². The molecule has 110 valence electrons. The van der Waals surface area contributed by atoms with Crippen LogP contribution < -0.4 is 4.90 Å². The molecule has 0 fully saturated rings. The molecule has 1 heterocycles. The number of carboxylic acids is 1. The van der Waals surface area contributed by atoms with Gasteiger partial charge >= 0.3 is 5.97 Å². The molecule has 1 aromatic carbocycles. The van der Waals surface area contributed by atoms with E-state index >= 15 is 0 Å². The summed E-state index contributed by atoms with van der Waals surface area (Å²) in [4.78, 5) is 13.4. The number of hydrogen-bond acceptors (Lipinski definition) is 6. The lowest BCUT2D eigenvalue weighted by Gasteiger charge is -2.11. The fourth-order valence-corrected chi connectivity index (χ4v) is 2.28. The molecule has 0 saturated carbocycles. The Balaban J connectivity index is 2.22. The number of benzene rings is 1. The van der Waals surface area contributed by atoms with Crippen LogP contribution in [0.1, 0.15) is 11.5 Å². The summed E-state index contributed by atoms with van der Waals surface area (Å²) >= 11 is 0.934. The van der Waals surface area contributed by atoms with E-state index in [0.717, 1.165) is 23.0 Å². The van der Waals surface area contributed by atoms with Crippen LogP contribution in [0.25, 0.3) is 6.08 Å². The molecule has 2 rings (SSSR count). The van der Waals surface area contributed by atoms with Gasteiger partial charge in [-0.25, -0.2) is 4.79 Å². The highest BCUT2D eigenvalue weighted by Gasteiger charge is 2.14. The van der Waals surface area contributed by atoms with Gasteiger partial charge in [0, 0.05) is 26.7 Å². The van der Waals surface area contributed by atoms with Crippen LogP contribution in [0.4, 0.5) is 5.69 Å². The van der Waals surface area contributed by atoms with Crippen molar-refractivity contribution in [2.75, 3.05) is 19.0 Å². The van der Waals surface area contributed by atoms with Gasteiger partial charge in [-0.3, -0.25) is 0 Å². The SMILES string of the molecule is Cc1nnc(S/C(=C/c2ccc(N(C)C)cc2)C(=O)O)o1. The number of hydrogen-bond donors (Lipinski definition) is 1. The van der Waals surface area contributed by atoms with Gasteiger partial charge in [0.15, 0.2) is 0 Å². The molecule has 7 heteroatoms. The fourth-order valence-electron chi connectivity index (χ4n) is 1.57. The highest BCUT2D eigenvalue weighted by atomic mass is 32.2. The Kier molecular flexibility index (Phi) is 4.64. The van der Waals surface area contributed by atoms with Crippen molar-refractivity contribution in [3.05, 3.63) is 40.6 Å². The molecule has 1 aromatic heterocycles. The summed E-state index contributed by atoms with van der Waals surface area (Å²) in [6, 6.07) is 7.56. The van der Waals surface area contributed by atoms with E-state index in [1.54, 1.807) is 13.0 Å². The minimum absolute atomic E-state index is 0.122. The van der Waals surface area contributed by atoms with E-state index < -0.39 is 5.97 Å². The van der Waals surface area contributed by atoms with Crippen molar-refractivity contribution in [3.8, 4) is 0 Å². The topological polar surface area (TPSA) is 79.5 Å². The second-order valence-corrected chi connectivity index (χ2v) is 5.48. The Hall–Kier alpha value is -2.28. The van der Waals surface area contributed by atoms with Gasteiger partial charge in [0.2, 0.25) is 5.89 Å². The van der Waals surface area contributed by atoms with Crippen molar-refractivity contribution in [2.45, 2.75) is 12.1 Å². The first kappa shape index (κ1) is 15.1. The Morgan fingerprint density at radius 3 is 2.43 bits per heavy atom. The van der Waals surface area contributed by atoms with Crippen LogP contribution in [0.5, 0.6) is 0 Å². The third-order valence-corrected chi connectivity index (χ3v) is 3.47. The summed E-state index contributed by atoms with van der Waals surface area (Å²) < 4.78 is 5.18.